The average Bonchev–Trinajstić information content (AvgIpc) is 2.83. The fraction of sp³-hybridized carbons (Fsp3) is 0.571. The first kappa shape index (κ1) is 13.0. The molecular formula is C14H19BrFN. The Morgan fingerprint density at radius 2 is 2.12 bits per heavy atom. The average molecular weight is 300 g/mol. The van der Waals surface area contributed by atoms with E-state index in [1.807, 2.05) is 13.1 Å². The van der Waals surface area contributed by atoms with Gasteiger partial charge in [0, 0.05) is 6.04 Å². The highest BCUT2D eigenvalue weighted by atomic mass is 79.9. The first-order valence-corrected chi connectivity index (χ1v) is 7.13. The van der Waals surface area contributed by atoms with Crippen molar-refractivity contribution in [3.63, 3.8) is 0 Å². The van der Waals surface area contributed by atoms with Crippen LogP contribution >= 0.6 is 15.9 Å². The third-order valence-electron chi connectivity index (χ3n) is 3.75. The van der Waals surface area contributed by atoms with Crippen molar-refractivity contribution in [1.29, 1.82) is 0 Å². The number of hydrogen-bond donors (Lipinski definition) is 1. The molecule has 1 aromatic rings. The van der Waals surface area contributed by atoms with E-state index in [0.717, 1.165) is 17.9 Å². The van der Waals surface area contributed by atoms with Gasteiger partial charge in [0.2, 0.25) is 0 Å². The van der Waals surface area contributed by atoms with Crippen LogP contribution in [0.25, 0.3) is 0 Å². The molecule has 94 valence electrons. The summed E-state index contributed by atoms with van der Waals surface area (Å²) < 4.78 is 14.1. The second-order valence-electron chi connectivity index (χ2n) is 4.87. The molecule has 2 rings (SSSR count). The molecule has 0 heterocycles. The van der Waals surface area contributed by atoms with Crippen LogP contribution in [-0.4, -0.2) is 7.05 Å². The molecule has 0 aliphatic heterocycles. The summed E-state index contributed by atoms with van der Waals surface area (Å²) in [5.41, 5.74) is 1.04. The molecule has 3 heteroatoms. The summed E-state index contributed by atoms with van der Waals surface area (Å²) in [6.07, 6.45) is 6.46. The van der Waals surface area contributed by atoms with Crippen LogP contribution in [0, 0.1) is 11.7 Å². The summed E-state index contributed by atoms with van der Waals surface area (Å²) in [5, 5.41) is 3.32. The smallest absolute Gasteiger partial charge is 0.137 e. The number of hydrogen-bond acceptors (Lipinski definition) is 1. The van der Waals surface area contributed by atoms with E-state index < -0.39 is 0 Å². The Morgan fingerprint density at radius 3 is 2.76 bits per heavy atom. The van der Waals surface area contributed by atoms with Crippen LogP contribution in [-0.2, 0) is 0 Å². The van der Waals surface area contributed by atoms with Crippen molar-refractivity contribution in [3.8, 4) is 0 Å². The van der Waals surface area contributed by atoms with E-state index in [2.05, 4.69) is 21.2 Å². The van der Waals surface area contributed by atoms with Gasteiger partial charge < -0.3 is 5.32 Å². The molecule has 1 saturated carbocycles. The van der Waals surface area contributed by atoms with Crippen molar-refractivity contribution < 1.29 is 4.39 Å². The number of halogens is 2. The summed E-state index contributed by atoms with van der Waals surface area (Å²) in [7, 11) is 1.96. The van der Waals surface area contributed by atoms with Gasteiger partial charge in [0.05, 0.1) is 4.47 Å². The Labute approximate surface area is 111 Å². The molecule has 1 fully saturated rings. The van der Waals surface area contributed by atoms with Gasteiger partial charge in [-0.2, -0.15) is 0 Å². The quantitative estimate of drug-likeness (QED) is 0.867. The lowest BCUT2D eigenvalue weighted by atomic mass is 9.93. The summed E-state index contributed by atoms with van der Waals surface area (Å²) in [6, 6.07) is 5.54. The van der Waals surface area contributed by atoms with Crippen LogP contribution in [0.1, 0.15) is 43.7 Å². The van der Waals surface area contributed by atoms with Crippen molar-refractivity contribution in [1.82, 2.24) is 5.32 Å². The van der Waals surface area contributed by atoms with Gasteiger partial charge in [-0.25, -0.2) is 4.39 Å². The lowest BCUT2D eigenvalue weighted by Crippen LogP contribution is -2.19. The molecule has 0 bridgehead atoms. The van der Waals surface area contributed by atoms with Crippen molar-refractivity contribution in [2.24, 2.45) is 5.92 Å². The van der Waals surface area contributed by atoms with Crippen molar-refractivity contribution in [2.75, 3.05) is 7.05 Å². The van der Waals surface area contributed by atoms with E-state index in [1.54, 1.807) is 6.07 Å². The molecule has 0 amide bonds. The number of rotatable bonds is 4. The molecule has 17 heavy (non-hydrogen) atoms. The van der Waals surface area contributed by atoms with E-state index in [-0.39, 0.29) is 11.9 Å². The molecule has 0 saturated heterocycles. The van der Waals surface area contributed by atoms with Gasteiger partial charge in [-0.3, -0.25) is 0 Å². The minimum atomic E-state index is -0.172. The monoisotopic (exact) mass is 299 g/mol. The summed E-state index contributed by atoms with van der Waals surface area (Å²) in [5.74, 6) is 0.622. The maximum atomic E-state index is 13.5. The highest BCUT2D eigenvalue weighted by molar-refractivity contribution is 9.10. The van der Waals surface area contributed by atoms with Gasteiger partial charge in [0.1, 0.15) is 5.82 Å². The predicted molar refractivity (Wildman–Crippen MR) is 72.5 cm³/mol. The van der Waals surface area contributed by atoms with Crippen LogP contribution < -0.4 is 5.32 Å². The zero-order valence-electron chi connectivity index (χ0n) is 10.2. The van der Waals surface area contributed by atoms with Crippen LogP contribution in [0.15, 0.2) is 22.7 Å². The Morgan fingerprint density at radius 1 is 1.41 bits per heavy atom. The second-order valence-corrected chi connectivity index (χ2v) is 5.66. The van der Waals surface area contributed by atoms with E-state index in [4.69, 9.17) is 0 Å². The zero-order valence-corrected chi connectivity index (χ0v) is 11.8. The minimum absolute atomic E-state index is 0.172. The normalized spacial score (nSPS) is 18.5. The molecule has 0 aromatic heterocycles. The largest absolute Gasteiger partial charge is 0.313 e. The lowest BCUT2D eigenvalue weighted by Gasteiger charge is -2.21. The molecule has 1 N–H and O–H groups in total. The Kier molecular flexibility index (Phi) is 4.57. The Bertz CT molecular complexity index is 374. The van der Waals surface area contributed by atoms with Crippen LogP contribution in [0.5, 0.6) is 0 Å². The van der Waals surface area contributed by atoms with Crippen molar-refractivity contribution in [3.05, 3.63) is 34.1 Å². The van der Waals surface area contributed by atoms with Crippen molar-refractivity contribution >= 4 is 15.9 Å². The Balaban J connectivity index is 2.13. The molecule has 1 aromatic carbocycles. The zero-order chi connectivity index (χ0) is 12.3. The second kappa shape index (κ2) is 5.96. The van der Waals surface area contributed by atoms with E-state index >= 15 is 0 Å². The SMILES string of the molecule is CNC(CC1CCCC1)c1cccc(F)c1Br. The predicted octanol–water partition coefficient (Wildman–Crippen LogP) is 4.43. The topological polar surface area (TPSA) is 12.0 Å². The first-order chi connectivity index (χ1) is 8.22. The van der Waals surface area contributed by atoms with Crippen molar-refractivity contribution in [2.45, 2.75) is 38.1 Å². The van der Waals surface area contributed by atoms with E-state index in [9.17, 15) is 4.39 Å². The molecule has 0 spiro atoms. The standard InChI is InChI=1S/C14H19BrFN/c1-17-13(9-10-5-2-3-6-10)11-7-4-8-12(16)14(11)15/h4,7-8,10,13,17H,2-3,5-6,9H2,1H3. The van der Waals surface area contributed by atoms with Crippen LogP contribution in [0.4, 0.5) is 4.39 Å². The summed E-state index contributed by atoms with van der Waals surface area (Å²) in [6.45, 7) is 0. The molecule has 1 aliphatic rings. The third kappa shape index (κ3) is 3.08. The van der Waals surface area contributed by atoms with Crippen LogP contribution in [0.2, 0.25) is 0 Å². The Hall–Kier alpha value is -0.410. The molecular weight excluding hydrogens is 281 g/mol. The fourth-order valence-electron chi connectivity index (χ4n) is 2.77. The van der Waals surface area contributed by atoms with Gasteiger partial charge in [0.15, 0.2) is 0 Å². The maximum Gasteiger partial charge on any atom is 0.137 e. The summed E-state index contributed by atoms with van der Waals surface area (Å²) >= 11 is 3.36. The third-order valence-corrected chi connectivity index (χ3v) is 4.59. The molecule has 1 atom stereocenters. The van der Waals surface area contributed by atoms with Gasteiger partial charge in [-0.05, 0) is 46.9 Å². The maximum absolute atomic E-state index is 13.5. The van der Waals surface area contributed by atoms with Gasteiger partial charge in [-0.1, -0.05) is 37.8 Å². The molecule has 0 radical (unpaired) electrons. The van der Waals surface area contributed by atoms with Gasteiger partial charge in [0.25, 0.3) is 0 Å². The highest BCUT2D eigenvalue weighted by Crippen LogP contribution is 2.35. The number of benzene rings is 1. The molecule has 1 aliphatic carbocycles. The molecule has 1 unspecified atom stereocenters. The minimum Gasteiger partial charge on any atom is -0.313 e. The fourth-order valence-corrected chi connectivity index (χ4v) is 3.31. The van der Waals surface area contributed by atoms with E-state index in [0.29, 0.717) is 4.47 Å². The van der Waals surface area contributed by atoms with Crippen LogP contribution in [0.3, 0.4) is 0 Å². The first-order valence-electron chi connectivity index (χ1n) is 6.33. The molecule has 1 nitrogen and oxygen atoms in total. The lowest BCUT2D eigenvalue weighted by molar-refractivity contribution is 0.411. The number of nitrogens with one attached hydrogen (secondary N) is 1. The highest BCUT2D eigenvalue weighted by Gasteiger charge is 2.22. The van der Waals surface area contributed by atoms with Gasteiger partial charge >= 0.3 is 0 Å². The van der Waals surface area contributed by atoms with E-state index in [1.165, 1.54) is 31.7 Å². The van der Waals surface area contributed by atoms with Gasteiger partial charge in [-0.15, -0.1) is 0 Å². The summed E-state index contributed by atoms with van der Waals surface area (Å²) in [4.78, 5) is 0.